The molecule has 0 unspecified atom stereocenters. The van der Waals surface area contributed by atoms with Crippen LogP contribution in [0.15, 0.2) is 47.4 Å². The van der Waals surface area contributed by atoms with Crippen molar-refractivity contribution in [2.24, 2.45) is 5.92 Å². The summed E-state index contributed by atoms with van der Waals surface area (Å²) in [5.41, 5.74) is 1.56. The third-order valence-electron chi connectivity index (χ3n) is 6.29. The van der Waals surface area contributed by atoms with E-state index in [1.807, 2.05) is 12.1 Å². The van der Waals surface area contributed by atoms with Gasteiger partial charge >= 0.3 is 5.97 Å². The van der Waals surface area contributed by atoms with Gasteiger partial charge in [0.25, 0.3) is 15.9 Å². The smallest absolute Gasteiger partial charge is 0.342 e. The number of carbonyl (C=O) groups is 2. The molecule has 0 radical (unpaired) electrons. The minimum absolute atomic E-state index is 0.0360. The minimum atomic E-state index is -3.89. The third-order valence-corrected chi connectivity index (χ3v) is 8.10. The fourth-order valence-corrected chi connectivity index (χ4v) is 5.78. The predicted molar refractivity (Wildman–Crippen MR) is 123 cm³/mol. The van der Waals surface area contributed by atoms with Crippen molar-refractivity contribution in [2.75, 3.05) is 37.7 Å². The van der Waals surface area contributed by atoms with Crippen LogP contribution in [0.25, 0.3) is 0 Å². The zero-order valence-corrected chi connectivity index (χ0v) is 19.6. The number of piperidine rings is 1. The van der Waals surface area contributed by atoms with Crippen LogP contribution in [0, 0.1) is 5.92 Å². The summed E-state index contributed by atoms with van der Waals surface area (Å²) in [5.74, 6) is -0.302. The molecule has 1 amide bonds. The number of nitrogens with zero attached hydrogens (tertiary/aromatic N) is 2. The number of para-hydroxylation sites is 1. The van der Waals surface area contributed by atoms with Crippen LogP contribution in [0.5, 0.6) is 5.75 Å². The Bertz CT molecular complexity index is 1160. The van der Waals surface area contributed by atoms with Crippen LogP contribution >= 0.6 is 0 Å². The second-order valence-corrected chi connectivity index (χ2v) is 10.3. The van der Waals surface area contributed by atoms with Crippen molar-refractivity contribution in [2.45, 2.75) is 31.1 Å². The zero-order valence-electron chi connectivity index (χ0n) is 18.8. The molecule has 4 rings (SSSR count). The van der Waals surface area contributed by atoms with Crippen LogP contribution in [0.3, 0.4) is 0 Å². The van der Waals surface area contributed by atoms with E-state index in [4.69, 9.17) is 9.47 Å². The first kappa shape index (κ1) is 23.1. The second kappa shape index (κ2) is 9.43. The van der Waals surface area contributed by atoms with E-state index >= 15 is 0 Å². The molecule has 2 heterocycles. The van der Waals surface area contributed by atoms with E-state index in [0.717, 1.165) is 18.4 Å². The van der Waals surface area contributed by atoms with E-state index in [1.54, 1.807) is 17.0 Å². The number of methoxy groups -OCH3 is 1. The maximum absolute atomic E-state index is 13.3. The van der Waals surface area contributed by atoms with Gasteiger partial charge in [0.05, 0.1) is 17.7 Å². The summed E-state index contributed by atoms with van der Waals surface area (Å²) in [7, 11) is -2.51. The summed E-state index contributed by atoms with van der Waals surface area (Å²) in [5, 5.41) is 0. The average molecular weight is 473 g/mol. The number of benzene rings is 2. The van der Waals surface area contributed by atoms with Crippen molar-refractivity contribution in [1.29, 1.82) is 0 Å². The van der Waals surface area contributed by atoms with Crippen molar-refractivity contribution in [3.8, 4) is 5.75 Å². The Morgan fingerprint density at radius 2 is 1.79 bits per heavy atom. The number of anilines is 1. The second-order valence-electron chi connectivity index (χ2n) is 8.46. The topological polar surface area (TPSA) is 93.2 Å². The van der Waals surface area contributed by atoms with E-state index in [1.165, 1.54) is 29.6 Å². The first-order valence-electron chi connectivity index (χ1n) is 11.0. The van der Waals surface area contributed by atoms with Gasteiger partial charge in [-0.1, -0.05) is 25.1 Å². The maximum atomic E-state index is 13.3. The number of hydrogen-bond acceptors (Lipinski definition) is 6. The van der Waals surface area contributed by atoms with Gasteiger partial charge in [-0.15, -0.1) is 0 Å². The molecule has 176 valence electrons. The maximum Gasteiger partial charge on any atom is 0.342 e. The van der Waals surface area contributed by atoms with Gasteiger partial charge < -0.3 is 14.4 Å². The number of carbonyl (C=O) groups excluding carboxylic acids is 2. The number of fused-ring (bicyclic) bond motifs is 1. The first-order valence-corrected chi connectivity index (χ1v) is 12.5. The van der Waals surface area contributed by atoms with Crippen molar-refractivity contribution < 1.29 is 27.5 Å². The van der Waals surface area contributed by atoms with Crippen LogP contribution < -0.4 is 9.04 Å². The molecule has 2 aromatic carbocycles. The van der Waals surface area contributed by atoms with Crippen molar-refractivity contribution in [3.63, 3.8) is 0 Å². The fraction of sp³-hybridized carbons (Fsp3) is 0.417. The highest BCUT2D eigenvalue weighted by molar-refractivity contribution is 7.92. The lowest BCUT2D eigenvalue weighted by Crippen LogP contribution is -2.40. The molecule has 33 heavy (non-hydrogen) atoms. The highest BCUT2D eigenvalue weighted by atomic mass is 32.2. The van der Waals surface area contributed by atoms with Gasteiger partial charge in [0.2, 0.25) is 0 Å². The van der Waals surface area contributed by atoms with Crippen LogP contribution in [0.4, 0.5) is 5.69 Å². The third kappa shape index (κ3) is 4.68. The highest BCUT2D eigenvalue weighted by Crippen LogP contribution is 2.34. The van der Waals surface area contributed by atoms with Gasteiger partial charge in [-0.3, -0.25) is 9.10 Å². The number of esters is 1. The number of amides is 1. The number of sulfonamides is 1. The minimum Gasteiger partial charge on any atom is -0.496 e. The average Bonchev–Trinajstić information content (AvgIpc) is 3.27. The van der Waals surface area contributed by atoms with Gasteiger partial charge in [0, 0.05) is 19.6 Å². The summed E-state index contributed by atoms with van der Waals surface area (Å²) < 4.78 is 38.5. The normalized spacial score (nSPS) is 16.4. The Balaban J connectivity index is 1.52. The Hall–Kier alpha value is -3.07. The molecular weight excluding hydrogens is 444 g/mol. The largest absolute Gasteiger partial charge is 0.496 e. The van der Waals surface area contributed by atoms with Crippen LogP contribution in [0.1, 0.15) is 35.7 Å². The molecule has 2 aromatic rings. The van der Waals surface area contributed by atoms with Gasteiger partial charge in [0.1, 0.15) is 11.3 Å². The predicted octanol–water partition coefficient (Wildman–Crippen LogP) is 2.86. The summed E-state index contributed by atoms with van der Waals surface area (Å²) in [6.45, 7) is 3.37. The number of hydrogen-bond donors (Lipinski definition) is 0. The molecule has 2 aliphatic rings. The Morgan fingerprint density at radius 3 is 2.52 bits per heavy atom. The molecule has 0 aromatic heterocycles. The van der Waals surface area contributed by atoms with Crippen molar-refractivity contribution >= 4 is 27.6 Å². The lowest BCUT2D eigenvalue weighted by atomic mass is 9.99. The van der Waals surface area contributed by atoms with Crippen molar-refractivity contribution in [1.82, 2.24) is 4.90 Å². The molecule has 0 spiro atoms. The van der Waals surface area contributed by atoms with Gasteiger partial charge in [-0.2, -0.15) is 0 Å². The van der Waals surface area contributed by atoms with E-state index in [-0.39, 0.29) is 22.1 Å². The van der Waals surface area contributed by atoms with Gasteiger partial charge in [-0.05, 0) is 55.0 Å². The van der Waals surface area contributed by atoms with E-state index < -0.39 is 22.6 Å². The van der Waals surface area contributed by atoms with Crippen LogP contribution in [0.2, 0.25) is 0 Å². The molecule has 9 heteroatoms. The molecule has 2 aliphatic heterocycles. The quantitative estimate of drug-likeness (QED) is 0.601. The zero-order chi connectivity index (χ0) is 23.6. The molecule has 1 saturated heterocycles. The Kier molecular flexibility index (Phi) is 6.60. The number of rotatable bonds is 6. The summed E-state index contributed by atoms with van der Waals surface area (Å²) >= 11 is 0. The number of ether oxygens (including phenoxy) is 2. The molecule has 0 N–H and O–H groups in total. The van der Waals surface area contributed by atoms with Crippen molar-refractivity contribution in [3.05, 3.63) is 53.6 Å². The first-order chi connectivity index (χ1) is 15.8. The van der Waals surface area contributed by atoms with E-state index in [9.17, 15) is 18.0 Å². The molecule has 0 saturated carbocycles. The molecule has 0 atom stereocenters. The molecule has 0 aliphatic carbocycles. The number of likely N-dealkylation sites (tertiary alicyclic amines) is 1. The standard InChI is InChI=1S/C24H28N2O6S/c1-17-9-12-25(13-10-17)23(27)16-32-24(28)20-15-19(7-8-22(20)31-2)33(29,30)26-14-11-18-5-3-4-6-21(18)26/h3-8,15,17H,9-14,16H2,1-2H3. The molecule has 1 fully saturated rings. The summed E-state index contributed by atoms with van der Waals surface area (Å²) in [4.78, 5) is 26.9. The molecule has 0 bridgehead atoms. The molecule has 8 nitrogen and oxygen atoms in total. The monoisotopic (exact) mass is 472 g/mol. The van der Waals surface area contributed by atoms with E-state index in [2.05, 4.69) is 6.92 Å². The fourth-order valence-electron chi connectivity index (χ4n) is 4.25. The van der Waals surface area contributed by atoms with E-state index in [0.29, 0.717) is 37.7 Å². The van der Waals surface area contributed by atoms with Gasteiger partial charge in [-0.25, -0.2) is 13.2 Å². The lowest BCUT2D eigenvalue weighted by Gasteiger charge is -2.30. The molecular formula is C24H28N2O6S. The summed E-state index contributed by atoms with van der Waals surface area (Å²) in [6.07, 6.45) is 2.47. The highest BCUT2D eigenvalue weighted by Gasteiger charge is 2.32. The lowest BCUT2D eigenvalue weighted by molar-refractivity contribution is -0.135. The summed E-state index contributed by atoms with van der Waals surface area (Å²) in [6, 6.07) is 11.4. The SMILES string of the molecule is COc1ccc(S(=O)(=O)N2CCc3ccccc32)cc1C(=O)OCC(=O)N1CCC(C)CC1. The van der Waals surface area contributed by atoms with Gasteiger partial charge in [0.15, 0.2) is 6.61 Å². The Morgan fingerprint density at radius 1 is 1.06 bits per heavy atom. The van der Waals surface area contributed by atoms with Crippen LogP contribution in [-0.4, -0.2) is 58.5 Å². The Labute approximate surface area is 194 Å². The van der Waals surface area contributed by atoms with Crippen LogP contribution in [-0.2, 0) is 26.0 Å².